The fraction of sp³-hybridized carbons (Fsp3) is 0.273. The van der Waals surface area contributed by atoms with Gasteiger partial charge in [-0.05, 0) is 19.1 Å². The third-order valence-corrected chi connectivity index (χ3v) is 5.78. The molecule has 0 bridgehead atoms. The minimum Gasteiger partial charge on any atom is -0.398 e. The molecular formula is C11H14N4O2S3. The molecule has 2 rings (SSSR count). The van der Waals surface area contributed by atoms with E-state index < -0.39 is 10.0 Å². The van der Waals surface area contributed by atoms with Crippen LogP contribution in [-0.2, 0) is 10.0 Å². The minimum absolute atomic E-state index is 0.00930. The summed E-state index contributed by atoms with van der Waals surface area (Å²) in [5, 5.41) is 8.51. The molecule has 0 atom stereocenters. The zero-order chi connectivity index (χ0) is 14.6. The molecular weight excluding hydrogens is 316 g/mol. The van der Waals surface area contributed by atoms with Crippen molar-refractivity contribution in [2.24, 2.45) is 0 Å². The van der Waals surface area contributed by atoms with Gasteiger partial charge >= 0.3 is 0 Å². The Morgan fingerprint density at radius 1 is 1.35 bits per heavy atom. The third-order valence-electron chi connectivity index (χ3n) is 2.30. The second-order valence-electron chi connectivity index (χ2n) is 3.93. The molecule has 20 heavy (non-hydrogen) atoms. The molecule has 2 aromatic rings. The molecule has 3 N–H and O–H groups in total. The summed E-state index contributed by atoms with van der Waals surface area (Å²) in [6.07, 6.45) is 0. The maximum Gasteiger partial charge on any atom is 0.235 e. The zero-order valence-electron chi connectivity index (χ0n) is 10.7. The van der Waals surface area contributed by atoms with E-state index in [2.05, 4.69) is 14.9 Å². The van der Waals surface area contributed by atoms with Crippen LogP contribution in [0.1, 0.15) is 5.01 Å². The summed E-state index contributed by atoms with van der Waals surface area (Å²) in [4.78, 5) is 0.884. The lowest BCUT2D eigenvalue weighted by molar-refractivity contribution is 0.602. The summed E-state index contributed by atoms with van der Waals surface area (Å²) in [7, 11) is -3.41. The average Bonchev–Trinajstić information content (AvgIpc) is 2.76. The summed E-state index contributed by atoms with van der Waals surface area (Å²) < 4.78 is 26.1. The zero-order valence-corrected chi connectivity index (χ0v) is 13.2. The fourth-order valence-electron chi connectivity index (χ4n) is 1.40. The van der Waals surface area contributed by atoms with Crippen molar-refractivity contribution in [3.8, 4) is 0 Å². The van der Waals surface area contributed by atoms with Gasteiger partial charge in [0.1, 0.15) is 5.01 Å². The van der Waals surface area contributed by atoms with Crippen molar-refractivity contribution in [2.75, 3.05) is 22.0 Å². The molecule has 1 aromatic carbocycles. The number of anilines is 2. The number of hydrogen-bond donors (Lipinski definition) is 2. The van der Waals surface area contributed by atoms with Crippen molar-refractivity contribution in [3.05, 3.63) is 29.3 Å². The van der Waals surface area contributed by atoms with Gasteiger partial charge in [0.2, 0.25) is 15.2 Å². The Kier molecular flexibility index (Phi) is 4.84. The van der Waals surface area contributed by atoms with Crippen LogP contribution in [0.4, 0.5) is 10.8 Å². The highest BCUT2D eigenvalue weighted by molar-refractivity contribution is 8.01. The van der Waals surface area contributed by atoms with E-state index in [1.165, 1.54) is 23.1 Å². The number of thioether (sulfide) groups is 1. The SMILES string of the molecule is Cc1nnc(NS(=O)(=O)CCSc2ccccc2N)s1. The Bertz CT molecular complexity index is 684. The van der Waals surface area contributed by atoms with Crippen LogP contribution in [0.2, 0.25) is 0 Å². The molecule has 0 aliphatic carbocycles. The molecule has 0 spiro atoms. The van der Waals surface area contributed by atoms with E-state index in [0.29, 0.717) is 21.6 Å². The lowest BCUT2D eigenvalue weighted by Crippen LogP contribution is -2.18. The van der Waals surface area contributed by atoms with Gasteiger partial charge in [0.05, 0.1) is 5.75 Å². The molecule has 0 saturated carbocycles. The topological polar surface area (TPSA) is 98.0 Å². The maximum absolute atomic E-state index is 11.9. The normalized spacial score (nSPS) is 11.4. The minimum atomic E-state index is -3.41. The van der Waals surface area contributed by atoms with E-state index in [9.17, 15) is 8.42 Å². The third kappa shape index (κ3) is 4.36. The predicted octanol–water partition coefficient (Wildman–Crippen LogP) is 1.96. The maximum atomic E-state index is 11.9. The predicted molar refractivity (Wildman–Crippen MR) is 83.6 cm³/mol. The first-order valence-corrected chi connectivity index (χ1v) is 9.19. The van der Waals surface area contributed by atoms with Gasteiger partial charge in [-0.15, -0.1) is 22.0 Å². The molecule has 9 heteroatoms. The number of hydrogen-bond acceptors (Lipinski definition) is 7. The number of aryl methyl sites for hydroxylation is 1. The van der Waals surface area contributed by atoms with Crippen LogP contribution < -0.4 is 10.5 Å². The summed E-state index contributed by atoms with van der Waals surface area (Å²) in [5.41, 5.74) is 6.45. The highest BCUT2D eigenvalue weighted by Crippen LogP contribution is 2.24. The van der Waals surface area contributed by atoms with E-state index in [4.69, 9.17) is 5.73 Å². The Morgan fingerprint density at radius 2 is 2.10 bits per heavy atom. The van der Waals surface area contributed by atoms with Gasteiger partial charge in [0, 0.05) is 16.3 Å². The van der Waals surface area contributed by atoms with Crippen LogP contribution in [0, 0.1) is 6.92 Å². The second-order valence-corrected chi connectivity index (χ2v) is 8.09. The Balaban J connectivity index is 1.88. The van der Waals surface area contributed by atoms with Crippen molar-refractivity contribution in [1.29, 1.82) is 0 Å². The molecule has 1 aromatic heterocycles. The van der Waals surface area contributed by atoms with Crippen molar-refractivity contribution in [2.45, 2.75) is 11.8 Å². The van der Waals surface area contributed by atoms with Gasteiger partial charge in [0.15, 0.2) is 0 Å². The summed E-state index contributed by atoms with van der Waals surface area (Å²) in [6.45, 7) is 1.77. The molecule has 0 saturated heterocycles. The van der Waals surface area contributed by atoms with E-state index in [-0.39, 0.29) is 5.75 Å². The number of benzene rings is 1. The number of sulfonamides is 1. The lowest BCUT2D eigenvalue weighted by atomic mass is 10.3. The molecule has 0 amide bonds. The molecule has 0 aliphatic rings. The van der Waals surface area contributed by atoms with Gasteiger partial charge in [0.25, 0.3) is 0 Å². The monoisotopic (exact) mass is 330 g/mol. The van der Waals surface area contributed by atoms with Crippen molar-refractivity contribution < 1.29 is 8.42 Å². The van der Waals surface area contributed by atoms with E-state index in [1.54, 1.807) is 13.0 Å². The van der Waals surface area contributed by atoms with Crippen LogP contribution in [-0.4, -0.2) is 30.1 Å². The Morgan fingerprint density at radius 3 is 2.75 bits per heavy atom. The van der Waals surface area contributed by atoms with Crippen LogP contribution in [0.5, 0.6) is 0 Å². The molecule has 0 radical (unpaired) electrons. The number of rotatable bonds is 6. The molecule has 6 nitrogen and oxygen atoms in total. The molecule has 0 aliphatic heterocycles. The van der Waals surface area contributed by atoms with Crippen LogP contribution in [0.15, 0.2) is 29.2 Å². The second kappa shape index (κ2) is 6.42. The van der Waals surface area contributed by atoms with Crippen molar-refractivity contribution in [3.63, 3.8) is 0 Å². The summed E-state index contributed by atoms with van der Waals surface area (Å²) >= 11 is 2.62. The molecule has 0 fully saturated rings. The smallest absolute Gasteiger partial charge is 0.235 e. The fourth-order valence-corrected chi connectivity index (χ4v) is 4.64. The van der Waals surface area contributed by atoms with Gasteiger partial charge in [-0.25, -0.2) is 8.42 Å². The number of nitrogen functional groups attached to an aromatic ring is 1. The number of nitrogens with zero attached hydrogens (tertiary/aromatic N) is 2. The van der Waals surface area contributed by atoms with Gasteiger partial charge < -0.3 is 5.73 Å². The quantitative estimate of drug-likeness (QED) is 0.620. The van der Waals surface area contributed by atoms with Crippen LogP contribution >= 0.6 is 23.1 Å². The number of nitrogens with one attached hydrogen (secondary N) is 1. The first kappa shape index (κ1) is 15.1. The summed E-state index contributed by atoms with van der Waals surface area (Å²) in [6, 6.07) is 7.37. The first-order chi connectivity index (χ1) is 9.46. The van der Waals surface area contributed by atoms with Crippen LogP contribution in [0.25, 0.3) is 0 Å². The van der Waals surface area contributed by atoms with Gasteiger partial charge in [-0.3, -0.25) is 4.72 Å². The highest BCUT2D eigenvalue weighted by Gasteiger charge is 2.13. The van der Waals surface area contributed by atoms with Crippen molar-refractivity contribution in [1.82, 2.24) is 10.2 Å². The number of aromatic nitrogens is 2. The summed E-state index contributed by atoms with van der Waals surface area (Å²) in [5.74, 6) is 0.409. The molecule has 0 unspecified atom stereocenters. The molecule has 108 valence electrons. The van der Waals surface area contributed by atoms with E-state index >= 15 is 0 Å². The van der Waals surface area contributed by atoms with Gasteiger partial charge in [-0.2, -0.15) is 0 Å². The number of para-hydroxylation sites is 1. The number of nitrogens with two attached hydrogens (primary N) is 1. The highest BCUT2D eigenvalue weighted by atomic mass is 32.2. The average molecular weight is 330 g/mol. The largest absolute Gasteiger partial charge is 0.398 e. The standard InChI is InChI=1S/C11H14N4O2S3/c1-8-13-14-11(19-8)15-20(16,17)7-6-18-10-5-3-2-4-9(10)12/h2-5H,6-7,12H2,1H3,(H,14,15). The first-order valence-electron chi connectivity index (χ1n) is 5.74. The Hall–Kier alpha value is -1.32. The molecule has 1 heterocycles. The van der Waals surface area contributed by atoms with Crippen LogP contribution in [0.3, 0.4) is 0 Å². The Labute approximate surface area is 125 Å². The van der Waals surface area contributed by atoms with Gasteiger partial charge in [-0.1, -0.05) is 23.5 Å². The lowest BCUT2D eigenvalue weighted by Gasteiger charge is -2.06. The van der Waals surface area contributed by atoms with E-state index in [1.807, 2.05) is 18.2 Å². The van der Waals surface area contributed by atoms with Crippen molar-refractivity contribution >= 4 is 43.9 Å². The van der Waals surface area contributed by atoms with E-state index in [0.717, 1.165) is 4.90 Å².